The first kappa shape index (κ1) is 17.3. The number of carbonyl (C=O) groups is 1. The third kappa shape index (κ3) is 4.49. The standard InChI is InChI=1S/C18H20F2N4O/c19-16-4-3-13(10-17(16)20)14-2-1-9-24(12-14)18(25)23-6-5-15-11-21-7-8-22-15/h3-4,7-8,10-11,14H,1-2,5-6,9,12H2,(H,23,25). The third-order valence-electron chi connectivity index (χ3n) is 4.40. The number of benzene rings is 1. The van der Waals surface area contributed by atoms with Gasteiger partial charge in [-0.3, -0.25) is 9.97 Å². The summed E-state index contributed by atoms with van der Waals surface area (Å²) >= 11 is 0. The number of nitrogens with zero attached hydrogens (tertiary/aromatic N) is 3. The monoisotopic (exact) mass is 346 g/mol. The molecule has 1 N–H and O–H groups in total. The number of hydrogen-bond acceptors (Lipinski definition) is 3. The van der Waals surface area contributed by atoms with Gasteiger partial charge in [0, 0.05) is 50.6 Å². The van der Waals surface area contributed by atoms with Crippen molar-refractivity contribution in [2.45, 2.75) is 25.2 Å². The molecule has 25 heavy (non-hydrogen) atoms. The van der Waals surface area contributed by atoms with Gasteiger partial charge in [0.1, 0.15) is 0 Å². The van der Waals surface area contributed by atoms with E-state index in [4.69, 9.17) is 0 Å². The molecule has 7 heteroatoms. The van der Waals surface area contributed by atoms with Crippen molar-refractivity contribution in [3.8, 4) is 0 Å². The minimum absolute atomic E-state index is 0.0228. The molecule has 1 unspecified atom stereocenters. The smallest absolute Gasteiger partial charge is 0.317 e. The largest absolute Gasteiger partial charge is 0.338 e. The summed E-state index contributed by atoms with van der Waals surface area (Å²) < 4.78 is 26.5. The summed E-state index contributed by atoms with van der Waals surface area (Å²) in [6.45, 7) is 1.64. The number of carbonyl (C=O) groups excluding carboxylic acids is 1. The molecule has 5 nitrogen and oxygen atoms in total. The maximum absolute atomic E-state index is 13.4. The summed E-state index contributed by atoms with van der Waals surface area (Å²) in [4.78, 5) is 22.2. The average molecular weight is 346 g/mol. The molecule has 1 fully saturated rings. The van der Waals surface area contributed by atoms with Gasteiger partial charge in [-0.25, -0.2) is 13.6 Å². The van der Waals surface area contributed by atoms with Crippen LogP contribution in [0.3, 0.4) is 0 Å². The Hall–Kier alpha value is -2.57. The fourth-order valence-electron chi connectivity index (χ4n) is 3.07. The van der Waals surface area contributed by atoms with Crippen LogP contribution in [0.1, 0.15) is 30.0 Å². The van der Waals surface area contributed by atoms with Gasteiger partial charge in [-0.2, -0.15) is 0 Å². The Labute approximate surface area is 145 Å². The molecule has 2 aromatic rings. The molecule has 0 bridgehead atoms. The van der Waals surface area contributed by atoms with Gasteiger partial charge in [-0.15, -0.1) is 0 Å². The second-order valence-corrected chi connectivity index (χ2v) is 6.14. The van der Waals surface area contributed by atoms with Crippen molar-refractivity contribution in [3.63, 3.8) is 0 Å². The minimum atomic E-state index is -0.849. The van der Waals surface area contributed by atoms with Crippen molar-refractivity contribution in [1.82, 2.24) is 20.2 Å². The van der Waals surface area contributed by atoms with E-state index in [2.05, 4.69) is 15.3 Å². The Bertz CT molecular complexity index is 726. The van der Waals surface area contributed by atoms with Crippen molar-refractivity contribution < 1.29 is 13.6 Å². The Morgan fingerprint density at radius 1 is 1.28 bits per heavy atom. The number of hydrogen-bond donors (Lipinski definition) is 1. The van der Waals surface area contributed by atoms with E-state index < -0.39 is 11.6 Å². The van der Waals surface area contributed by atoms with E-state index in [1.165, 1.54) is 6.07 Å². The molecule has 0 spiro atoms. The first-order valence-electron chi connectivity index (χ1n) is 8.36. The lowest BCUT2D eigenvalue weighted by atomic mass is 9.90. The van der Waals surface area contributed by atoms with Crippen LogP contribution in [0.25, 0.3) is 0 Å². The van der Waals surface area contributed by atoms with Crippen molar-refractivity contribution in [3.05, 3.63) is 59.7 Å². The highest BCUT2D eigenvalue weighted by atomic mass is 19.2. The minimum Gasteiger partial charge on any atom is -0.338 e. The van der Waals surface area contributed by atoms with Gasteiger partial charge in [0.2, 0.25) is 0 Å². The van der Waals surface area contributed by atoms with E-state index in [-0.39, 0.29) is 11.9 Å². The van der Waals surface area contributed by atoms with Crippen LogP contribution in [0, 0.1) is 11.6 Å². The van der Waals surface area contributed by atoms with Crippen molar-refractivity contribution in [1.29, 1.82) is 0 Å². The van der Waals surface area contributed by atoms with Gasteiger partial charge in [0.05, 0.1) is 5.69 Å². The number of nitrogens with one attached hydrogen (secondary N) is 1. The van der Waals surface area contributed by atoms with Crippen LogP contribution >= 0.6 is 0 Å². The Morgan fingerprint density at radius 3 is 2.92 bits per heavy atom. The van der Waals surface area contributed by atoms with E-state index >= 15 is 0 Å². The zero-order chi connectivity index (χ0) is 17.6. The number of piperidine rings is 1. The topological polar surface area (TPSA) is 58.1 Å². The molecule has 2 amide bonds. The molecule has 1 aromatic heterocycles. The van der Waals surface area contributed by atoms with Gasteiger partial charge < -0.3 is 10.2 Å². The van der Waals surface area contributed by atoms with Crippen LogP contribution in [-0.2, 0) is 6.42 Å². The van der Waals surface area contributed by atoms with Crippen LogP contribution in [0.2, 0.25) is 0 Å². The summed E-state index contributed by atoms with van der Waals surface area (Å²) in [5.41, 5.74) is 1.55. The zero-order valence-corrected chi connectivity index (χ0v) is 13.8. The fourth-order valence-corrected chi connectivity index (χ4v) is 3.07. The van der Waals surface area contributed by atoms with Crippen LogP contribution < -0.4 is 5.32 Å². The number of likely N-dealkylation sites (tertiary alicyclic amines) is 1. The molecule has 1 atom stereocenters. The van der Waals surface area contributed by atoms with Crippen LogP contribution in [0.15, 0.2) is 36.8 Å². The van der Waals surface area contributed by atoms with Gasteiger partial charge in [-0.1, -0.05) is 6.07 Å². The molecule has 132 valence electrons. The van der Waals surface area contributed by atoms with Crippen molar-refractivity contribution in [2.24, 2.45) is 0 Å². The zero-order valence-electron chi connectivity index (χ0n) is 13.8. The first-order valence-corrected chi connectivity index (χ1v) is 8.36. The van der Waals surface area contributed by atoms with E-state index in [0.717, 1.165) is 30.2 Å². The summed E-state index contributed by atoms with van der Waals surface area (Å²) in [6.07, 6.45) is 7.20. The quantitative estimate of drug-likeness (QED) is 0.926. The number of urea groups is 1. The van der Waals surface area contributed by atoms with E-state index in [1.807, 2.05) is 0 Å². The molecule has 0 aliphatic carbocycles. The lowest BCUT2D eigenvalue weighted by Crippen LogP contribution is -2.45. The molecule has 2 heterocycles. The van der Waals surface area contributed by atoms with Gasteiger partial charge in [0.25, 0.3) is 0 Å². The molecular weight excluding hydrogens is 326 g/mol. The second-order valence-electron chi connectivity index (χ2n) is 6.14. The molecule has 1 aromatic carbocycles. The maximum atomic E-state index is 13.4. The van der Waals surface area contributed by atoms with E-state index in [9.17, 15) is 13.6 Å². The summed E-state index contributed by atoms with van der Waals surface area (Å²) in [7, 11) is 0. The lowest BCUT2D eigenvalue weighted by molar-refractivity contribution is 0.179. The van der Waals surface area contributed by atoms with Crippen LogP contribution in [-0.4, -0.2) is 40.5 Å². The number of rotatable bonds is 4. The van der Waals surface area contributed by atoms with Crippen LogP contribution in [0.5, 0.6) is 0 Å². The summed E-state index contributed by atoms with van der Waals surface area (Å²) in [5.74, 6) is -1.67. The molecule has 3 rings (SSSR count). The normalized spacial score (nSPS) is 17.4. The predicted octanol–water partition coefficient (Wildman–Crippen LogP) is 2.89. The SMILES string of the molecule is O=C(NCCc1cnccn1)N1CCCC(c2ccc(F)c(F)c2)C1. The number of amides is 2. The lowest BCUT2D eigenvalue weighted by Gasteiger charge is -2.33. The second kappa shape index (κ2) is 8.00. The van der Waals surface area contributed by atoms with Crippen molar-refractivity contribution >= 4 is 6.03 Å². The van der Waals surface area contributed by atoms with Gasteiger partial charge >= 0.3 is 6.03 Å². The third-order valence-corrected chi connectivity index (χ3v) is 4.40. The number of aromatic nitrogens is 2. The Morgan fingerprint density at radius 2 is 2.16 bits per heavy atom. The van der Waals surface area contributed by atoms with Gasteiger partial charge in [0.15, 0.2) is 11.6 Å². The fraction of sp³-hybridized carbons (Fsp3) is 0.389. The molecule has 1 aliphatic heterocycles. The highest BCUT2D eigenvalue weighted by Crippen LogP contribution is 2.27. The predicted molar refractivity (Wildman–Crippen MR) is 89.0 cm³/mol. The molecule has 1 aliphatic rings. The van der Waals surface area contributed by atoms with Gasteiger partial charge in [-0.05, 0) is 30.5 Å². The first-order chi connectivity index (χ1) is 12.1. The molecule has 0 radical (unpaired) electrons. The number of halogens is 2. The molecular formula is C18H20F2N4O. The van der Waals surface area contributed by atoms with E-state index in [0.29, 0.717) is 26.1 Å². The van der Waals surface area contributed by atoms with Crippen molar-refractivity contribution in [2.75, 3.05) is 19.6 Å². The van der Waals surface area contributed by atoms with E-state index in [1.54, 1.807) is 29.6 Å². The average Bonchev–Trinajstić information content (AvgIpc) is 2.65. The van der Waals surface area contributed by atoms with Crippen LogP contribution in [0.4, 0.5) is 13.6 Å². The Balaban J connectivity index is 1.53. The molecule has 1 saturated heterocycles. The Kier molecular flexibility index (Phi) is 5.53. The maximum Gasteiger partial charge on any atom is 0.317 e. The highest BCUT2D eigenvalue weighted by molar-refractivity contribution is 5.74. The summed E-state index contributed by atoms with van der Waals surface area (Å²) in [6, 6.07) is 3.83. The summed E-state index contributed by atoms with van der Waals surface area (Å²) in [5, 5.41) is 2.88. The molecule has 0 saturated carbocycles. The highest BCUT2D eigenvalue weighted by Gasteiger charge is 2.25.